The van der Waals surface area contributed by atoms with Crippen molar-refractivity contribution in [1.82, 2.24) is 0 Å². The highest BCUT2D eigenvalue weighted by Gasteiger charge is 2.13. The number of hydrogen-bond donors (Lipinski definition) is 0. The summed E-state index contributed by atoms with van der Waals surface area (Å²) in [5.41, 5.74) is 0. The molecule has 3 heteroatoms. The highest BCUT2D eigenvalue weighted by Crippen LogP contribution is 2.25. The number of rotatable bonds is 5. The fourth-order valence-corrected chi connectivity index (χ4v) is 1.82. The predicted molar refractivity (Wildman–Crippen MR) is 53.4 cm³/mol. The van der Waals surface area contributed by atoms with Crippen LogP contribution in [0, 0.1) is 5.92 Å². The second kappa shape index (κ2) is 6.60. The van der Waals surface area contributed by atoms with E-state index in [1.54, 1.807) is 0 Å². The summed E-state index contributed by atoms with van der Waals surface area (Å²) in [6, 6.07) is 0. The van der Waals surface area contributed by atoms with Crippen LogP contribution in [-0.4, -0.2) is 12.6 Å². The molecule has 0 heterocycles. The maximum atomic E-state index is 10.6. The Morgan fingerprint density at radius 2 is 2.07 bits per heavy atom. The van der Waals surface area contributed by atoms with Gasteiger partial charge in [0.15, 0.2) is 0 Å². The lowest BCUT2D eigenvalue weighted by atomic mass is 9.87. The average Bonchev–Trinajstić information content (AvgIpc) is 2.25. The quantitative estimate of drug-likeness (QED) is 0.295. The fraction of sp³-hybridized carbons (Fsp3) is 0.727. The molecule has 14 heavy (non-hydrogen) atoms. The van der Waals surface area contributed by atoms with Crippen LogP contribution in [0.25, 0.3) is 0 Å². The second-order valence-corrected chi connectivity index (χ2v) is 3.72. The van der Waals surface area contributed by atoms with Crippen LogP contribution in [0.15, 0.2) is 12.7 Å². The van der Waals surface area contributed by atoms with Gasteiger partial charge in [0.2, 0.25) is 0 Å². The van der Waals surface area contributed by atoms with Crippen molar-refractivity contribution in [3.63, 3.8) is 0 Å². The molecule has 0 bridgehead atoms. The van der Waals surface area contributed by atoms with E-state index in [0.29, 0.717) is 6.61 Å². The van der Waals surface area contributed by atoms with E-state index in [4.69, 9.17) is 4.89 Å². The summed E-state index contributed by atoms with van der Waals surface area (Å²) in [6.07, 6.45) is 8.69. The van der Waals surface area contributed by atoms with E-state index in [1.165, 1.54) is 32.1 Å². The van der Waals surface area contributed by atoms with Crippen LogP contribution in [0.1, 0.15) is 38.5 Å². The van der Waals surface area contributed by atoms with E-state index in [1.807, 2.05) is 0 Å². The molecule has 3 nitrogen and oxygen atoms in total. The molecule has 0 unspecified atom stereocenters. The van der Waals surface area contributed by atoms with Gasteiger partial charge in [-0.05, 0) is 12.3 Å². The molecule has 0 aromatic heterocycles. The van der Waals surface area contributed by atoms with Crippen LogP contribution in [0.2, 0.25) is 0 Å². The van der Waals surface area contributed by atoms with E-state index in [2.05, 4.69) is 11.5 Å². The first-order valence-electron chi connectivity index (χ1n) is 5.29. The summed E-state index contributed by atoms with van der Waals surface area (Å²) in [5, 5.41) is 0. The zero-order valence-electron chi connectivity index (χ0n) is 8.54. The molecule has 0 N–H and O–H groups in total. The van der Waals surface area contributed by atoms with Gasteiger partial charge in [-0.25, -0.2) is 4.79 Å². The maximum Gasteiger partial charge on any atom is 0.365 e. The van der Waals surface area contributed by atoms with E-state index in [0.717, 1.165) is 18.4 Å². The molecule has 1 fully saturated rings. The van der Waals surface area contributed by atoms with Gasteiger partial charge in [-0.15, -0.1) is 0 Å². The molecule has 0 amide bonds. The Bertz CT molecular complexity index is 183. The smallest absolute Gasteiger partial charge is 0.294 e. The van der Waals surface area contributed by atoms with Crippen LogP contribution in [0.4, 0.5) is 0 Å². The molecule has 0 atom stereocenters. The largest absolute Gasteiger partial charge is 0.365 e. The highest BCUT2D eigenvalue weighted by molar-refractivity contribution is 5.80. The first kappa shape index (κ1) is 11.2. The summed E-state index contributed by atoms with van der Waals surface area (Å²) < 4.78 is 0. The summed E-state index contributed by atoms with van der Waals surface area (Å²) in [7, 11) is 0. The van der Waals surface area contributed by atoms with Crippen LogP contribution in [-0.2, 0) is 14.6 Å². The Morgan fingerprint density at radius 1 is 1.36 bits per heavy atom. The lowest BCUT2D eigenvalue weighted by Crippen LogP contribution is -2.10. The zero-order chi connectivity index (χ0) is 10.2. The van der Waals surface area contributed by atoms with Gasteiger partial charge in [-0.3, -0.25) is 4.89 Å². The lowest BCUT2D eigenvalue weighted by Gasteiger charge is -2.20. The van der Waals surface area contributed by atoms with Gasteiger partial charge in [0.1, 0.15) is 0 Å². The van der Waals surface area contributed by atoms with E-state index in [-0.39, 0.29) is 0 Å². The highest BCUT2D eigenvalue weighted by atomic mass is 17.2. The van der Waals surface area contributed by atoms with Gasteiger partial charge in [0.05, 0.1) is 6.61 Å². The fourth-order valence-electron chi connectivity index (χ4n) is 1.82. The Balaban J connectivity index is 1.97. The Morgan fingerprint density at radius 3 is 2.71 bits per heavy atom. The minimum absolute atomic E-state index is 0.504. The minimum Gasteiger partial charge on any atom is -0.294 e. The predicted octanol–water partition coefficient (Wildman–Crippen LogP) is 2.62. The minimum atomic E-state index is -0.520. The molecule has 0 spiro atoms. The monoisotopic (exact) mass is 198 g/mol. The number of carbonyl (C=O) groups is 1. The molecule has 0 saturated heterocycles. The van der Waals surface area contributed by atoms with Crippen molar-refractivity contribution in [3.05, 3.63) is 12.7 Å². The van der Waals surface area contributed by atoms with Crippen molar-refractivity contribution < 1.29 is 14.6 Å². The third kappa shape index (κ3) is 4.42. The Labute approximate surface area is 85.0 Å². The first-order valence-corrected chi connectivity index (χ1v) is 5.29. The van der Waals surface area contributed by atoms with Gasteiger partial charge in [-0.2, -0.15) is 4.89 Å². The van der Waals surface area contributed by atoms with Gasteiger partial charge < -0.3 is 0 Å². The summed E-state index contributed by atoms with van der Waals surface area (Å²) >= 11 is 0. The normalized spacial score (nSPS) is 17.7. The molecule has 1 rings (SSSR count). The maximum absolute atomic E-state index is 10.6. The molecular formula is C11H18O3. The topological polar surface area (TPSA) is 35.5 Å². The molecular weight excluding hydrogens is 180 g/mol. The van der Waals surface area contributed by atoms with Crippen molar-refractivity contribution in [3.8, 4) is 0 Å². The Kier molecular flexibility index (Phi) is 5.30. The second-order valence-electron chi connectivity index (χ2n) is 3.72. The van der Waals surface area contributed by atoms with E-state index in [9.17, 15) is 4.79 Å². The standard InChI is InChI=1S/C11H18O3/c1-2-11(12)14-13-9-8-10-6-4-3-5-7-10/h2,10H,1,3-9H2. The average molecular weight is 198 g/mol. The number of hydrogen-bond acceptors (Lipinski definition) is 3. The van der Waals surface area contributed by atoms with Gasteiger partial charge in [-0.1, -0.05) is 38.7 Å². The molecule has 0 aliphatic heterocycles. The van der Waals surface area contributed by atoms with E-state index >= 15 is 0 Å². The number of carbonyl (C=O) groups excluding carboxylic acids is 1. The van der Waals surface area contributed by atoms with Crippen molar-refractivity contribution in [2.75, 3.05) is 6.61 Å². The summed E-state index contributed by atoms with van der Waals surface area (Å²) in [4.78, 5) is 19.8. The molecule has 0 aromatic rings. The summed E-state index contributed by atoms with van der Waals surface area (Å²) in [6.45, 7) is 3.78. The molecule has 0 radical (unpaired) electrons. The lowest BCUT2D eigenvalue weighted by molar-refractivity contribution is -0.268. The van der Waals surface area contributed by atoms with E-state index < -0.39 is 5.97 Å². The van der Waals surface area contributed by atoms with Crippen LogP contribution < -0.4 is 0 Å². The zero-order valence-corrected chi connectivity index (χ0v) is 8.54. The molecule has 0 aromatic carbocycles. The van der Waals surface area contributed by atoms with Crippen molar-refractivity contribution in [2.45, 2.75) is 38.5 Å². The van der Waals surface area contributed by atoms with Crippen molar-refractivity contribution in [2.24, 2.45) is 5.92 Å². The first-order chi connectivity index (χ1) is 6.83. The van der Waals surface area contributed by atoms with Crippen LogP contribution >= 0.6 is 0 Å². The molecule has 1 aliphatic rings. The van der Waals surface area contributed by atoms with Crippen molar-refractivity contribution in [1.29, 1.82) is 0 Å². The molecule has 1 saturated carbocycles. The Hall–Kier alpha value is -0.830. The van der Waals surface area contributed by atoms with Gasteiger partial charge in [0, 0.05) is 6.08 Å². The summed E-state index contributed by atoms with van der Waals surface area (Å²) in [5.74, 6) is 0.236. The third-order valence-electron chi connectivity index (χ3n) is 2.64. The van der Waals surface area contributed by atoms with Crippen LogP contribution in [0.3, 0.4) is 0 Å². The third-order valence-corrected chi connectivity index (χ3v) is 2.64. The molecule has 80 valence electrons. The van der Waals surface area contributed by atoms with Crippen molar-refractivity contribution >= 4 is 5.97 Å². The van der Waals surface area contributed by atoms with Gasteiger partial charge in [0.25, 0.3) is 0 Å². The SMILES string of the molecule is C=CC(=O)OOCCC1CCCCC1. The van der Waals surface area contributed by atoms with Gasteiger partial charge >= 0.3 is 5.97 Å². The molecule has 1 aliphatic carbocycles. The van der Waals surface area contributed by atoms with Crippen LogP contribution in [0.5, 0.6) is 0 Å².